The Hall–Kier alpha value is -2.93. The van der Waals surface area contributed by atoms with E-state index < -0.39 is 0 Å². The van der Waals surface area contributed by atoms with Crippen LogP contribution in [-0.2, 0) is 11.3 Å². The van der Waals surface area contributed by atoms with Crippen LogP contribution in [0.15, 0.2) is 47.1 Å². The lowest BCUT2D eigenvalue weighted by Crippen LogP contribution is -2.38. The van der Waals surface area contributed by atoms with Crippen LogP contribution in [0, 0.1) is 0 Å². The third-order valence-corrected chi connectivity index (χ3v) is 4.97. The summed E-state index contributed by atoms with van der Waals surface area (Å²) in [5.74, 6) is 1.03. The minimum atomic E-state index is -0.135. The normalized spacial score (nSPS) is 16.2. The molecule has 3 heterocycles. The Bertz CT molecular complexity index is 960. The lowest BCUT2D eigenvalue weighted by molar-refractivity contribution is 0.0518. The Labute approximate surface area is 169 Å². The molecule has 2 aromatic heterocycles. The number of aromatic nitrogens is 2. The zero-order valence-electron chi connectivity index (χ0n) is 16.5. The number of para-hydroxylation sites is 1. The van der Waals surface area contributed by atoms with Gasteiger partial charge in [0.25, 0.3) is 5.91 Å². The number of ether oxygens (including phenoxy) is 2. The second kappa shape index (κ2) is 9.05. The van der Waals surface area contributed by atoms with Gasteiger partial charge in [0.1, 0.15) is 17.9 Å². The fraction of sp³-hybridized carbons (Fsp3) is 0.409. The standard InChI is InChI=1S/C22H25N3O4/c1-2-11-25(14-17-8-5-12-27-17)22(26)19-13-18(29-24-19)15-28-20-9-3-6-16-7-4-10-23-21(16)20/h3-4,6-7,9-10,13,17H,2,5,8,11-12,14-15H2,1H3. The van der Waals surface area contributed by atoms with E-state index in [9.17, 15) is 4.79 Å². The predicted molar refractivity (Wildman–Crippen MR) is 108 cm³/mol. The smallest absolute Gasteiger partial charge is 0.276 e. The lowest BCUT2D eigenvalue weighted by Gasteiger charge is -2.24. The molecule has 1 saturated heterocycles. The van der Waals surface area contributed by atoms with Gasteiger partial charge in [-0.05, 0) is 31.4 Å². The van der Waals surface area contributed by atoms with Crippen molar-refractivity contribution < 1.29 is 18.8 Å². The topological polar surface area (TPSA) is 77.7 Å². The van der Waals surface area contributed by atoms with Gasteiger partial charge in [-0.2, -0.15) is 0 Å². The number of carbonyl (C=O) groups excluding carboxylic acids is 1. The minimum Gasteiger partial charge on any atom is -0.483 e. The van der Waals surface area contributed by atoms with E-state index >= 15 is 0 Å². The van der Waals surface area contributed by atoms with Gasteiger partial charge in [0.15, 0.2) is 11.5 Å². The van der Waals surface area contributed by atoms with E-state index in [0.29, 0.717) is 30.3 Å². The number of carbonyl (C=O) groups is 1. The van der Waals surface area contributed by atoms with Crippen LogP contribution >= 0.6 is 0 Å². The molecule has 1 fully saturated rings. The minimum absolute atomic E-state index is 0.110. The molecular weight excluding hydrogens is 370 g/mol. The van der Waals surface area contributed by atoms with E-state index in [1.54, 1.807) is 17.2 Å². The van der Waals surface area contributed by atoms with E-state index in [0.717, 1.165) is 36.8 Å². The number of nitrogens with zero attached hydrogens (tertiary/aromatic N) is 3. The number of pyridine rings is 1. The van der Waals surface area contributed by atoms with Crippen LogP contribution in [0.25, 0.3) is 10.9 Å². The van der Waals surface area contributed by atoms with Crippen molar-refractivity contribution in [2.24, 2.45) is 0 Å². The Balaban J connectivity index is 1.42. The number of hydrogen-bond acceptors (Lipinski definition) is 6. The average Bonchev–Trinajstić information content (AvgIpc) is 3.43. The molecule has 152 valence electrons. The first-order valence-corrected chi connectivity index (χ1v) is 10.1. The maximum atomic E-state index is 12.9. The summed E-state index contributed by atoms with van der Waals surface area (Å²) < 4.78 is 16.9. The van der Waals surface area contributed by atoms with Crippen LogP contribution in [0.1, 0.15) is 42.4 Å². The van der Waals surface area contributed by atoms with Gasteiger partial charge in [-0.3, -0.25) is 9.78 Å². The molecule has 7 nitrogen and oxygen atoms in total. The number of rotatable bonds is 8. The monoisotopic (exact) mass is 395 g/mol. The molecule has 1 aliphatic rings. The Kier molecular flexibility index (Phi) is 6.05. The Morgan fingerprint density at radius 2 is 2.21 bits per heavy atom. The molecule has 1 aliphatic heterocycles. The Morgan fingerprint density at radius 1 is 1.31 bits per heavy atom. The molecule has 0 saturated carbocycles. The molecule has 0 aliphatic carbocycles. The molecule has 0 radical (unpaired) electrons. The average molecular weight is 395 g/mol. The fourth-order valence-electron chi connectivity index (χ4n) is 3.57. The van der Waals surface area contributed by atoms with E-state index in [1.165, 1.54) is 0 Å². The van der Waals surface area contributed by atoms with Crippen molar-refractivity contribution in [3.8, 4) is 5.75 Å². The van der Waals surface area contributed by atoms with E-state index in [-0.39, 0.29) is 18.6 Å². The molecule has 3 aromatic rings. The van der Waals surface area contributed by atoms with Gasteiger partial charge in [-0.1, -0.05) is 30.3 Å². The van der Waals surface area contributed by atoms with Crippen LogP contribution < -0.4 is 4.74 Å². The van der Waals surface area contributed by atoms with Crippen LogP contribution in [0.3, 0.4) is 0 Å². The van der Waals surface area contributed by atoms with Gasteiger partial charge in [0.05, 0.1) is 6.10 Å². The summed E-state index contributed by atoms with van der Waals surface area (Å²) in [6.45, 7) is 4.25. The second-order valence-electron chi connectivity index (χ2n) is 7.18. The molecule has 1 aromatic carbocycles. The van der Waals surface area contributed by atoms with Gasteiger partial charge >= 0.3 is 0 Å². The largest absolute Gasteiger partial charge is 0.483 e. The van der Waals surface area contributed by atoms with Crippen molar-refractivity contribution >= 4 is 16.8 Å². The van der Waals surface area contributed by atoms with E-state index in [1.807, 2.05) is 30.3 Å². The van der Waals surface area contributed by atoms with Crippen molar-refractivity contribution in [2.45, 2.75) is 38.9 Å². The van der Waals surface area contributed by atoms with Crippen molar-refractivity contribution in [1.29, 1.82) is 0 Å². The highest BCUT2D eigenvalue weighted by atomic mass is 16.5. The zero-order valence-corrected chi connectivity index (χ0v) is 16.5. The summed E-state index contributed by atoms with van der Waals surface area (Å²) in [5, 5.41) is 4.97. The SMILES string of the molecule is CCCN(CC1CCCO1)C(=O)c1cc(COc2cccc3cccnc23)on1. The van der Waals surface area contributed by atoms with Gasteiger partial charge in [0, 0.05) is 37.3 Å². The summed E-state index contributed by atoms with van der Waals surface area (Å²) in [6, 6.07) is 11.3. The third kappa shape index (κ3) is 4.56. The van der Waals surface area contributed by atoms with Crippen LogP contribution in [-0.4, -0.2) is 46.7 Å². The predicted octanol–water partition coefficient (Wildman–Crippen LogP) is 3.83. The molecule has 7 heteroatoms. The number of amides is 1. The maximum Gasteiger partial charge on any atom is 0.276 e. The highest BCUT2D eigenvalue weighted by Gasteiger charge is 2.25. The van der Waals surface area contributed by atoms with Crippen LogP contribution in [0.2, 0.25) is 0 Å². The van der Waals surface area contributed by atoms with Crippen molar-refractivity contribution in [3.63, 3.8) is 0 Å². The summed E-state index contributed by atoms with van der Waals surface area (Å²) >= 11 is 0. The quantitative estimate of drug-likeness (QED) is 0.577. The maximum absolute atomic E-state index is 12.9. The summed E-state index contributed by atoms with van der Waals surface area (Å²) in [7, 11) is 0. The molecule has 29 heavy (non-hydrogen) atoms. The molecule has 0 N–H and O–H groups in total. The first-order chi connectivity index (χ1) is 14.2. The molecule has 1 amide bonds. The van der Waals surface area contributed by atoms with Gasteiger partial charge in [-0.25, -0.2) is 0 Å². The van der Waals surface area contributed by atoms with Crippen molar-refractivity contribution in [1.82, 2.24) is 15.0 Å². The highest BCUT2D eigenvalue weighted by molar-refractivity contribution is 5.92. The van der Waals surface area contributed by atoms with E-state index in [4.69, 9.17) is 14.0 Å². The second-order valence-corrected chi connectivity index (χ2v) is 7.18. The summed E-state index contributed by atoms with van der Waals surface area (Å²) in [6.07, 6.45) is 4.76. The van der Waals surface area contributed by atoms with E-state index in [2.05, 4.69) is 17.1 Å². The van der Waals surface area contributed by atoms with Crippen molar-refractivity contribution in [2.75, 3.05) is 19.7 Å². The first-order valence-electron chi connectivity index (χ1n) is 10.1. The molecular formula is C22H25N3O4. The zero-order chi connectivity index (χ0) is 20.1. The fourth-order valence-corrected chi connectivity index (χ4v) is 3.57. The molecule has 0 spiro atoms. The van der Waals surface area contributed by atoms with Crippen LogP contribution in [0.5, 0.6) is 5.75 Å². The van der Waals surface area contributed by atoms with Gasteiger partial charge in [-0.15, -0.1) is 0 Å². The lowest BCUT2D eigenvalue weighted by atomic mass is 10.2. The molecule has 1 atom stereocenters. The summed E-state index contributed by atoms with van der Waals surface area (Å²) in [5.41, 5.74) is 1.09. The Morgan fingerprint density at radius 3 is 3.03 bits per heavy atom. The van der Waals surface area contributed by atoms with Gasteiger partial charge < -0.3 is 18.9 Å². The van der Waals surface area contributed by atoms with Gasteiger partial charge in [0.2, 0.25) is 0 Å². The molecule has 4 rings (SSSR count). The van der Waals surface area contributed by atoms with Crippen molar-refractivity contribution in [3.05, 3.63) is 54.0 Å². The number of benzene rings is 1. The number of hydrogen-bond donors (Lipinski definition) is 0. The third-order valence-electron chi connectivity index (χ3n) is 4.97. The number of fused-ring (bicyclic) bond motifs is 1. The molecule has 0 bridgehead atoms. The first kappa shape index (κ1) is 19.4. The highest BCUT2D eigenvalue weighted by Crippen LogP contribution is 2.24. The molecule has 1 unspecified atom stereocenters. The van der Waals surface area contributed by atoms with Crippen LogP contribution in [0.4, 0.5) is 0 Å². The summed E-state index contributed by atoms with van der Waals surface area (Å²) in [4.78, 5) is 19.1.